The van der Waals surface area contributed by atoms with Gasteiger partial charge in [-0.15, -0.1) is 0 Å². The van der Waals surface area contributed by atoms with E-state index in [9.17, 15) is 9.59 Å². The third-order valence-electron chi connectivity index (χ3n) is 7.41. The number of carbonyl (C=O) groups is 1. The van der Waals surface area contributed by atoms with Crippen LogP contribution in [0.5, 0.6) is 0 Å². The van der Waals surface area contributed by atoms with Crippen LogP contribution >= 0.6 is 0 Å². The van der Waals surface area contributed by atoms with Crippen LogP contribution in [-0.2, 0) is 22.5 Å². The quantitative estimate of drug-likeness (QED) is 0.717. The fourth-order valence-electron chi connectivity index (χ4n) is 5.21. The van der Waals surface area contributed by atoms with Crippen molar-refractivity contribution in [3.8, 4) is 0 Å². The van der Waals surface area contributed by atoms with Crippen molar-refractivity contribution in [1.29, 1.82) is 0 Å². The highest BCUT2D eigenvalue weighted by atomic mass is 16.5. The minimum Gasteiger partial charge on any atom is -0.378 e. The molecule has 2 aromatic rings. The van der Waals surface area contributed by atoms with Gasteiger partial charge >= 0.3 is 0 Å². The Labute approximate surface area is 195 Å². The van der Waals surface area contributed by atoms with Crippen LogP contribution in [0.3, 0.4) is 0 Å². The van der Waals surface area contributed by atoms with Crippen LogP contribution < -0.4 is 20.3 Å². The third-order valence-corrected chi connectivity index (χ3v) is 7.41. The summed E-state index contributed by atoms with van der Waals surface area (Å²) in [6.07, 6.45) is 4.95. The number of carbonyl (C=O) groups excluding carboxylic acids is 1. The molecule has 0 radical (unpaired) electrons. The van der Waals surface area contributed by atoms with Gasteiger partial charge in [0.2, 0.25) is 5.91 Å². The highest BCUT2D eigenvalue weighted by Crippen LogP contribution is 2.36. The average molecular weight is 451 g/mol. The fraction of sp³-hybridized carbons (Fsp3) is 0.538. The molecule has 7 nitrogen and oxygen atoms in total. The molecule has 0 spiro atoms. The first-order valence-corrected chi connectivity index (χ1v) is 12.1. The molecule has 33 heavy (non-hydrogen) atoms. The molecule has 0 atom stereocenters. The number of benzene rings is 1. The maximum atomic E-state index is 13.3. The van der Waals surface area contributed by atoms with Gasteiger partial charge in [-0.3, -0.25) is 9.59 Å². The van der Waals surface area contributed by atoms with E-state index in [2.05, 4.69) is 29.7 Å². The molecule has 0 unspecified atom stereocenters. The van der Waals surface area contributed by atoms with Gasteiger partial charge in [-0.2, -0.15) is 0 Å². The summed E-state index contributed by atoms with van der Waals surface area (Å²) in [5.74, 6) is -0.0353. The van der Waals surface area contributed by atoms with E-state index in [0.29, 0.717) is 12.0 Å². The van der Waals surface area contributed by atoms with Crippen LogP contribution in [0.4, 0.5) is 17.1 Å². The minimum absolute atomic E-state index is 0.0353. The summed E-state index contributed by atoms with van der Waals surface area (Å²) in [5, 5.41) is 0. The highest BCUT2D eigenvalue weighted by Gasteiger charge is 2.29. The van der Waals surface area contributed by atoms with Crippen molar-refractivity contribution in [1.82, 2.24) is 4.57 Å². The Balaban J connectivity index is 1.33. The van der Waals surface area contributed by atoms with Crippen molar-refractivity contribution in [2.75, 3.05) is 60.6 Å². The Hall–Kier alpha value is -2.80. The predicted octanol–water partition coefficient (Wildman–Crippen LogP) is 2.90. The SMILES string of the molecule is CC1(C)CCN(c2ccc(=O)n(CC(=O)N3CCc4c(N5CCOCC5)cccc43)c2)CC1. The lowest BCUT2D eigenvalue weighted by Crippen LogP contribution is -2.39. The number of morpholine rings is 1. The van der Waals surface area contributed by atoms with E-state index >= 15 is 0 Å². The van der Waals surface area contributed by atoms with Gasteiger partial charge in [-0.1, -0.05) is 19.9 Å². The summed E-state index contributed by atoms with van der Waals surface area (Å²) < 4.78 is 7.07. The van der Waals surface area contributed by atoms with E-state index in [4.69, 9.17) is 4.74 Å². The van der Waals surface area contributed by atoms with E-state index in [-0.39, 0.29) is 18.0 Å². The van der Waals surface area contributed by atoms with Crippen molar-refractivity contribution < 1.29 is 9.53 Å². The first-order chi connectivity index (χ1) is 15.9. The standard InChI is InChI=1S/C26H34N4O3/c1-26(2)9-12-27(13-10-26)20-6-7-24(31)29(18-20)19-25(32)30-11-8-21-22(4-3-5-23(21)30)28-14-16-33-17-15-28/h3-7,18H,8-17,19H2,1-2H3. The van der Waals surface area contributed by atoms with Crippen LogP contribution in [0.2, 0.25) is 0 Å². The number of piperidine rings is 1. The lowest BCUT2D eigenvalue weighted by atomic mass is 9.82. The van der Waals surface area contributed by atoms with Crippen LogP contribution in [0.25, 0.3) is 0 Å². The highest BCUT2D eigenvalue weighted by molar-refractivity contribution is 5.96. The van der Waals surface area contributed by atoms with Gasteiger partial charge in [-0.25, -0.2) is 0 Å². The monoisotopic (exact) mass is 450 g/mol. The Bertz CT molecular complexity index is 1080. The number of pyridine rings is 1. The van der Waals surface area contributed by atoms with Gasteiger partial charge in [0.15, 0.2) is 0 Å². The van der Waals surface area contributed by atoms with Crippen molar-refractivity contribution in [3.63, 3.8) is 0 Å². The summed E-state index contributed by atoms with van der Waals surface area (Å²) in [6.45, 7) is 10.5. The summed E-state index contributed by atoms with van der Waals surface area (Å²) >= 11 is 0. The molecule has 1 amide bonds. The van der Waals surface area contributed by atoms with Crippen molar-refractivity contribution >= 4 is 23.0 Å². The average Bonchev–Trinajstić information content (AvgIpc) is 3.26. The maximum Gasteiger partial charge on any atom is 0.251 e. The number of amides is 1. The zero-order valence-corrected chi connectivity index (χ0v) is 19.8. The van der Waals surface area contributed by atoms with Crippen LogP contribution in [-0.4, -0.2) is 56.4 Å². The molecule has 0 N–H and O–H groups in total. The van der Waals surface area contributed by atoms with Gasteiger partial charge in [-0.05, 0) is 42.9 Å². The third kappa shape index (κ3) is 4.51. The van der Waals surface area contributed by atoms with Crippen LogP contribution in [0.1, 0.15) is 32.3 Å². The topological polar surface area (TPSA) is 58.0 Å². The maximum absolute atomic E-state index is 13.3. The van der Waals surface area contributed by atoms with Crippen LogP contribution in [0.15, 0.2) is 41.3 Å². The Morgan fingerprint density at radius 1 is 0.939 bits per heavy atom. The molecular formula is C26H34N4O3. The molecule has 0 bridgehead atoms. The lowest BCUT2D eigenvalue weighted by molar-refractivity contribution is -0.119. The fourth-order valence-corrected chi connectivity index (χ4v) is 5.21. The molecular weight excluding hydrogens is 416 g/mol. The van der Waals surface area contributed by atoms with Gasteiger partial charge in [0.25, 0.3) is 5.56 Å². The lowest BCUT2D eigenvalue weighted by Gasteiger charge is -2.38. The zero-order valence-electron chi connectivity index (χ0n) is 19.8. The number of nitrogens with zero attached hydrogens (tertiary/aromatic N) is 4. The van der Waals surface area contributed by atoms with Gasteiger partial charge in [0.1, 0.15) is 6.54 Å². The molecule has 3 aliphatic rings. The number of hydrogen-bond acceptors (Lipinski definition) is 5. The number of rotatable bonds is 4. The smallest absolute Gasteiger partial charge is 0.251 e. The minimum atomic E-state index is -0.133. The molecule has 4 heterocycles. The van der Waals surface area contributed by atoms with Crippen LogP contribution in [0, 0.1) is 5.41 Å². The molecule has 0 saturated carbocycles. The van der Waals surface area contributed by atoms with Crippen molar-refractivity contribution in [2.24, 2.45) is 5.41 Å². The molecule has 3 aliphatic heterocycles. The van der Waals surface area contributed by atoms with Crippen molar-refractivity contribution in [2.45, 2.75) is 39.7 Å². The summed E-state index contributed by atoms with van der Waals surface area (Å²) in [7, 11) is 0. The number of aromatic nitrogens is 1. The molecule has 1 aromatic heterocycles. The first-order valence-electron chi connectivity index (χ1n) is 12.1. The first kappa shape index (κ1) is 22.0. The Morgan fingerprint density at radius 3 is 2.42 bits per heavy atom. The van der Waals surface area contributed by atoms with E-state index in [1.165, 1.54) is 11.3 Å². The second-order valence-corrected chi connectivity index (χ2v) is 10.2. The van der Waals surface area contributed by atoms with Gasteiger partial charge in [0.05, 0.1) is 18.9 Å². The largest absolute Gasteiger partial charge is 0.378 e. The van der Waals surface area contributed by atoms with E-state index in [1.807, 2.05) is 29.3 Å². The number of anilines is 3. The van der Waals surface area contributed by atoms with E-state index in [0.717, 1.165) is 70.0 Å². The molecule has 5 rings (SSSR count). The number of ether oxygens (including phenoxy) is 1. The molecule has 2 fully saturated rings. The predicted molar refractivity (Wildman–Crippen MR) is 131 cm³/mol. The molecule has 0 aliphatic carbocycles. The number of fused-ring (bicyclic) bond motifs is 1. The number of hydrogen-bond donors (Lipinski definition) is 0. The molecule has 176 valence electrons. The summed E-state index contributed by atoms with van der Waals surface area (Å²) in [4.78, 5) is 32.4. The molecule has 1 aromatic carbocycles. The van der Waals surface area contributed by atoms with E-state index in [1.54, 1.807) is 10.6 Å². The van der Waals surface area contributed by atoms with E-state index < -0.39 is 0 Å². The van der Waals surface area contributed by atoms with Gasteiger partial charge < -0.3 is 24.0 Å². The second kappa shape index (κ2) is 8.86. The zero-order chi connectivity index (χ0) is 23.0. The molecule has 7 heteroatoms. The Kier molecular flexibility index (Phi) is 5.91. The summed E-state index contributed by atoms with van der Waals surface area (Å²) in [6, 6.07) is 9.68. The van der Waals surface area contributed by atoms with Crippen molar-refractivity contribution in [3.05, 3.63) is 52.4 Å². The Morgan fingerprint density at radius 2 is 1.67 bits per heavy atom. The summed E-state index contributed by atoms with van der Waals surface area (Å²) in [5.41, 5.74) is 4.67. The second-order valence-electron chi connectivity index (χ2n) is 10.2. The van der Waals surface area contributed by atoms with Gasteiger partial charge in [0, 0.05) is 61.9 Å². The normalized spacial score (nSPS) is 20.1. The molecule has 2 saturated heterocycles.